The van der Waals surface area contributed by atoms with Gasteiger partial charge in [-0.2, -0.15) is 0 Å². The van der Waals surface area contributed by atoms with Crippen LogP contribution in [0.2, 0.25) is 0 Å². The number of aromatic nitrogens is 3. The molecule has 0 atom stereocenters. The van der Waals surface area contributed by atoms with Crippen molar-refractivity contribution in [3.05, 3.63) is 11.6 Å². The number of piperazine rings is 1. The number of hydrogen-bond acceptors (Lipinski definition) is 5. The number of hydrazine groups is 1. The molecule has 7 nitrogen and oxygen atoms in total. The minimum Gasteiger partial charge on any atom is -0.304 e. The molecule has 1 aliphatic heterocycles. The van der Waals surface area contributed by atoms with Gasteiger partial charge >= 0.3 is 5.91 Å². The van der Waals surface area contributed by atoms with Crippen LogP contribution in [0.3, 0.4) is 0 Å². The number of likely N-dealkylation sites (N-methyl/N-ethyl adjacent to an activating group) is 1. The van der Waals surface area contributed by atoms with Crippen LogP contribution in [0.15, 0.2) is 0 Å². The third-order valence-corrected chi connectivity index (χ3v) is 3.16. The third-order valence-electron chi connectivity index (χ3n) is 3.16. The normalized spacial score (nSPS) is 18.5. The molecular weight excluding hydrogens is 244 g/mol. The van der Waals surface area contributed by atoms with Gasteiger partial charge in [0.15, 0.2) is 0 Å². The molecule has 1 amide bonds. The first kappa shape index (κ1) is 14.0. The fourth-order valence-corrected chi connectivity index (χ4v) is 1.81. The van der Waals surface area contributed by atoms with Crippen molar-refractivity contribution in [3.63, 3.8) is 0 Å². The smallest absolute Gasteiger partial charge is 0.304 e. The molecule has 7 heteroatoms. The molecule has 0 aliphatic carbocycles. The van der Waals surface area contributed by atoms with Crippen molar-refractivity contribution >= 4 is 5.91 Å². The van der Waals surface area contributed by atoms with Gasteiger partial charge in [0.25, 0.3) is 0 Å². The van der Waals surface area contributed by atoms with Gasteiger partial charge in [0, 0.05) is 31.6 Å². The zero-order valence-corrected chi connectivity index (χ0v) is 12.0. The number of carbonyl (C=O) groups is 1. The van der Waals surface area contributed by atoms with Gasteiger partial charge in [-0.3, -0.25) is 15.3 Å². The van der Waals surface area contributed by atoms with Crippen molar-refractivity contribution in [1.29, 1.82) is 0 Å². The number of H-pyrrole nitrogens is 1. The molecule has 1 fully saturated rings. The van der Waals surface area contributed by atoms with Crippen molar-refractivity contribution in [2.24, 2.45) is 0 Å². The van der Waals surface area contributed by atoms with E-state index in [1.54, 1.807) is 0 Å². The average Bonchev–Trinajstić information content (AvgIpc) is 2.81. The Labute approximate surface area is 113 Å². The van der Waals surface area contributed by atoms with Crippen LogP contribution in [-0.4, -0.2) is 64.2 Å². The first-order valence-electron chi connectivity index (χ1n) is 6.53. The second kappa shape index (κ2) is 5.26. The Hall–Kier alpha value is -1.47. The van der Waals surface area contributed by atoms with Crippen LogP contribution in [-0.2, 0) is 5.41 Å². The predicted molar refractivity (Wildman–Crippen MR) is 71.6 cm³/mol. The van der Waals surface area contributed by atoms with Gasteiger partial charge in [-0.15, -0.1) is 5.10 Å². The topological polar surface area (TPSA) is 77.1 Å². The van der Waals surface area contributed by atoms with Crippen LogP contribution in [0.25, 0.3) is 0 Å². The van der Waals surface area contributed by atoms with E-state index in [1.165, 1.54) is 0 Å². The summed E-state index contributed by atoms with van der Waals surface area (Å²) in [5.74, 6) is 0.663. The maximum Gasteiger partial charge on any atom is 0.305 e. The second-order valence-electron chi connectivity index (χ2n) is 5.99. The molecule has 2 N–H and O–H groups in total. The standard InChI is InChI=1S/C12H22N6O/c1-12(2,3)11-13-9(14-15-11)10(19)16-18-7-5-17(4)6-8-18/h5-8H2,1-4H3,(H,16,19)(H,13,14,15). The summed E-state index contributed by atoms with van der Waals surface area (Å²) in [6.07, 6.45) is 0. The van der Waals surface area contributed by atoms with Crippen molar-refractivity contribution in [3.8, 4) is 0 Å². The van der Waals surface area contributed by atoms with E-state index in [1.807, 2.05) is 25.8 Å². The Morgan fingerprint density at radius 1 is 1.26 bits per heavy atom. The number of hydrogen-bond donors (Lipinski definition) is 2. The minimum absolute atomic E-state index is 0.140. The van der Waals surface area contributed by atoms with E-state index in [-0.39, 0.29) is 17.1 Å². The number of nitrogens with one attached hydrogen (secondary N) is 2. The molecule has 0 bridgehead atoms. The predicted octanol–water partition coefficient (Wildman–Crippen LogP) is -0.00560. The highest BCUT2D eigenvalue weighted by Gasteiger charge is 2.23. The lowest BCUT2D eigenvalue weighted by Crippen LogP contribution is -2.52. The molecule has 0 spiro atoms. The molecular formula is C12H22N6O. The van der Waals surface area contributed by atoms with Gasteiger partial charge in [-0.05, 0) is 7.05 Å². The maximum absolute atomic E-state index is 12.0. The minimum atomic E-state index is -0.253. The SMILES string of the molecule is CN1CCN(NC(=O)c2n[nH]c(C(C)(C)C)n2)CC1. The number of nitrogens with zero attached hydrogens (tertiary/aromatic N) is 4. The van der Waals surface area contributed by atoms with E-state index in [2.05, 4.69) is 32.6 Å². The molecule has 0 unspecified atom stereocenters. The molecule has 0 radical (unpaired) electrons. The summed E-state index contributed by atoms with van der Waals surface area (Å²) in [5.41, 5.74) is 2.70. The number of carbonyl (C=O) groups excluding carboxylic acids is 1. The summed E-state index contributed by atoms with van der Waals surface area (Å²) < 4.78 is 0. The average molecular weight is 266 g/mol. The Morgan fingerprint density at radius 3 is 2.42 bits per heavy atom. The first-order valence-corrected chi connectivity index (χ1v) is 6.53. The van der Waals surface area contributed by atoms with E-state index in [0.717, 1.165) is 32.0 Å². The largest absolute Gasteiger partial charge is 0.305 e. The second-order valence-corrected chi connectivity index (χ2v) is 5.99. The Bertz CT molecular complexity index is 441. The third kappa shape index (κ3) is 3.51. The Kier molecular flexibility index (Phi) is 3.86. The zero-order valence-electron chi connectivity index (χ0n) is 12.0. The quantitative estimate of drug-likeness (QED) is 0.787. The van der Waals surface area contributed by atoms with Crippen molar-refractivity contribution in [2.45, 2.75) is 26.2 Å². The number of amides is 1. The van der Waals surface area contributed by atoms with Gasteiger partial charge in [-0.1, -0.05) is 20.8 Å². The van der Waals surface area contributed by atoms with Gasteiger partial charge in [0.2, 0.25) is 5.82 Å². The molecule has 0 saturated carbocycles. The van der Waals surface area contributed by atoms with Crippen molar-refractivity contribution in [1.82, 2.24) is 30.5 Å². The summed E-state index contributed by atoms with van der Waals surface area (Å²) >= 11 is 0. The van der Waals surface area contributed by atoms with Gasteiger partial charge < -0.3 is 4.90 Å². The van der Waals surface area contributed by atoms with Crippen LogP contribution in [0.4, 0.5) is 0 Å². The summed E-state index contributed by atoms with van der Waals surface area (Å²) in [6.45, 7) is 9.60. The summed E-state index contributed by atoms with van der Waals surface area (Å²) in [6, 6.07) is 0. The van der Waals surface area contributed by atoms with Gasteiger partial charge in [-0.25, -0.2) is 9.99 Å². The van der Waals surface area contributed by atoms with E-state index in [4.69, 9.17) is 0 Å². The number of aromatic amines is 1. The van der Waals surface area contributed by atoms with Crippen LogP contribution in [0.1, 0.15) is 37.2 Å². The summed E-state index contributed by atoms with van der Waals surface area (Å²) in [5, 5.41) is 8.71. The Morgan fingerprint density at radius 2 is 1.89 bits per heavy atom. The van der Waals surface area contributed by atoms with Crippen molar-refractivity contribution in [2.75, 3.05) is 33.2 Å². The van der Waals surface area contributed by atoms with Crippen LogP contribution in [0, 0.1) is 0 Å². The highest BCUT2D eigenvalue weighted by atomic mass is 16.2. The van der Waals surface area contributed by atoms with E-state index < -0.39 is 0 Å². The zero-order chi connectivity index (χ0) is 14.0. The fraction of sp³-hybridized carbons (Fsp3) is 0.750. The highest BCUT2D eigenvalue weighted by molar-refractivity contribution is 5.89. The maximum atomic E-state index is 12.0. The fourth-order valence-electron chi connectivity index (χ4n) is 1.81. The lowest BCUT2D eigenvalue weighted by Gasteiger charge is -2.31. The molecule has 1 saturated heterocycles. The molecule has 2 heterocycles. The van der Waals surface area contributed by atoms with Crippen LogP contribution < -0.4 is 5.43 Å². The van der Waals surface area contributed by atoms with E-state index in [9.17, 15) is 4.79 Å². The Balaban J connectivity index is 1.95. The summed E-state index contributed by atoms with van der Waals surface area (Å²) in [4.78, 5) is 18.5. The molecule has 0 aromatic carbocycles. The molecule has 1 aromatic rings. The first-order chi connectivity index (χ1) is 8.86. The lowest BCUT2D eigenvalue weighted by atomic mass is 9.96. The van der Waals surface area contributed by atoms with E-state index >= 15 is 0 Å². The van der Waals surface area contributed by atoms with Crippen LogP contribution in [0.5, 0.6) is 0 Å². The lowest BCUT2D eigenvalue weighted by molar-refractivity contribution is 0.0653. The van der Waals surface area contributed by atoms with Gasteiger partial charge in [0.05, 0.1) is 0 Å². The van der Waals surface area contributed by atoms with Crippen LogP contribution >= 0.6 is 0 Å². The molecule has 106 valence electrons. The monoisotopic (exact) mass is 266 g/mol. The van der Waals surface area contributed by atoms with Crippen molar-refractivity contribution < 1.29 is 4.79 Å². The number of rotatable bonds is 2. The molecule has 2 rings (SSSR count). The molecule has 1 aliphatic rings. The summed E-state index contributed by atoms with van der Waals surface area (Å²) in [7, 11) is 2.07. The molecule has 19 heavy (non-hydrogen) atoms. The highest BCUT2D eigenvalue weighted by Crippen LogP contribution is 2.17. The van der Waals surface area contributed by atoms with E-state index in [0.29, 0.717) is 0 Å². The van der Waals surface area contributed by atoms with Gasteiger partial charge in [0.1, 0.15) is 5.82 Å². The molecule has 1 aromatic heterocycles.